The molecule has 0 unspecified atom stereocenters. The zero-order valence-corrected chi connectivity index (χ0v) is 11.5. The minimum Gasteiger partial charge on any atom is -0.381 e. The molecule has 0 aromatic heterocycles. The van der Waals surface area contributed by atoms with Gasteiger partial charge in [0.05, 0.1) is 6.10 Å². The average Bonchev–Trinajstić information content (AvgIpc) is 2.40. The summed E-state index contributed by atoms with van der Waals surface area (Å²) in [6.45, 7) is 2.15. The van der Waals surface area contributed by atoms with Crippen LogP contribution in [0.15, 0.2) is 12.2 Å². The van der Waals surface area contributed by atoms with E-state index in [1.807, 2.05) is 7.11 Å². The number of hydrogen-bond donors (Lipinski definition) is 0. The Morgan fingerprint density at radius 2 is 1.35 bits per heavy atom. The van der Waals surface area contributed by atoms with E-state index in [1.165, 1.54) is 51.4 Å². The van der Waals surface area contributed by atoms with Crippen molar-refractivity contribution in [3.8, 4) is 0 Å². The minimum absolute atomic E-state index is 0.561. The molecule has 1 heteroatoms. The van der Waals surface area contributed by atoms with Crippen LogP contribution >= 0.6 is 0 Å². The van der Waals surface area contributed by atoms with Crippen LogP contribution in [0.25, 0.3) is 0 Å². The predicted octanol–water partition coefficient (Wildman–Crippen LogP) is 4.57. The molecule has 0 heterocycles. The smallest absolute Gasteiger partial charge is 0.0571 e. The van der Waals surface area contributed by atoms with Gasteiger partial charge in [-0.25, -0.2) is 0 Å². The van der Waals surface area contributed by atoms with Crippen LogP contribution in [0.4, 0.5) is 0 Å². The van der Waals surface area contributed by atoms with Gasteiger partial charge in [0.2, 0.25) is 0 Å². The molecule has 0 atom stereocenters. The predicted molar refractivity (Wildman–Crippen MR) is 73.0 cm³/mol. The normalized spacial score (nSPS) is 39.6. The van der Waals surface area contributed by atoms with Gasteiger partial charge in [-0.1, -0.05) is 12.2 Å². The largest absolute Gasteiger partial charge is 0.381 e. The second-order valence-electron chi connectivity index (χ2n) is 5.97. The molecule has 0 N–H and O–H groups in total. The van der Waals surface area contributed by atoms with E-state index < -0.39 is 0 Å². The lowest BCUT2D eigenvalue weighted by Gasteiger charge is -2.37. The third-order valence-electron chi connectivity index (χ3n) is 5.00. The van der Waals surface area contributed by atoms with Gasteiger partial charge >= 0.3 is 0 Å². The Bertz CT molecular complexity index is 230. The fourth-order valence-electron chi connectivity index (χ4n) is 3.88. The molecular formula is C16H28O. The third kappa shape index (κ3) is 3.58. The summed E-state index contributed by atoms with van der Waals surface area (Å²) in [4.78, 5) is 0. The van der Waals surface area contributed by atoms with Gasteiger partial charge in [-0.2, -0.15) is 0 Å². The molecule has 98 valence electrons. The molecule has 2 aliphatic rings. The van der Waals surface area contributed by atoms with Gasteiger partial charge in [0, 0.05) is 7.11 Å². The van der Waals surface area contributed by atoms with Crippen LogP contribution in [-0.4, -0.2) is 13.2 Å². The summed E-state index contributed by atoms with van der Waals surface area (Å²) >= 11 is 0. The standard InChI is InChI=1S/C16H28O/c1-3-4-13-5-7-14(8-6-13)15-9-11-16(17-2)12-10-15/h3-4,13-16H,5-12H2,1-2H3/t13-,14-,15-,16-. The highest BCUT2D eigenvalue weighted by Gasteiger charge is 2.30. The molecule has 2 fully saturated rings. The first-order valence-electron chi connectivity index (χ1n) is 7.49. The zero-order chi connectivity index (χ0) is 12.1. The summed E-state index contributed by atoms with van der Waals surface area (Å²) in [6.07, 6.45) is 16.4. The molecule has 2 saturated carbocycles. The Morgan fingerprint density at radius 1 is 0.824 bits per heavy atom. The van der Waals surface area contributed by atoms with Gasteiger partial charge < -0.3 is 4.74 Å². The van der Waals surface area contributed by atoms with E-state index in [0.717, 1.165) is 17.8 Å². The fourth-order valence-corrected chi connectivity index (χ4v) is 3.88. The number of methoxy groups -OCH3 is 1. The molecule has 0 spiro atoms. The number of allylic oxidation sites excluding steroid dienone is 2. The van der Waals surface area contributed by atoms with Crippen LogP contribution in [0.5, 0.6) is 0 Å². The molecule has 2 aliphatic carbocycles. The van der Waals surface area contributed by atoms with Crippen molar-refractivity contribution in [3.05, 3.63) is 12.2 Å². The molecule has 0 bridgehead atoms. The molecule has 0 aromatic carbocycles. The molecule has 2 rings (SSSR count). The van der Waals surface area contributed by atoms with Gasteiger partial charge in [-0.3, -0.25) is 0 Å². The first-order valence-corrected chi connectivity index (χ1v) is 7.49. The van der Waals surface area contributed by atoms with E-state index in [-0.39, 0.29) is 0 Å². The maximum Gasteiger partial charge on any atom is 0.0571 e. The van der Waals surface area contributed by atoms with E-state index in [2.05, 4.69) is 19.1 Å². The lowest BCUT2D eigenvalue weighted by Crippen LogP contribution is -2.27. The van der Waals surface area contributed by atoms with Crippen LogP contribution in [0.1, 0.15) is 58.3 Å². The van der Waals surface area contributed by atoms with Crippen molar-refractivity contribution >= 4 is 0 Å². The SMILES string of the molecule is CC=C[C@H]1CC[C@H]([C@H]2CC[C@H](OC)CC2)CC1. The van der Waals surface area contributed by atoms with Crippen molar-refractivity contribution in [2.75, 3.05) is 7.11 Å². The van der Waals surface area contributed by atoms with Crippen LogP contribution in [0.2, 0.25) is 0 Å². The highest BCUT2D eigenvalue weighted by molar-refractivity contribution is 4.90. The van der Waals surface area contributed by atoms with E-state index in [0.29, 0.717) is 6.10 Å². The second-order valence-corrected chi connectivity index (χ2v) is 5.97. The van der Waals surface area contributed by atoms with Crippen LogP contribution in [0.3, 0.4) is 0 Å². The van der Waals surface area contributed by atoms with E-state index in [4.69, 9.17) is 4.74 Å². The number of ether oxygens (including phenoxy) is 1. The Kier molecular flexibility index (Phi) is 5.09. The van der Waals surface area contributed by atoms with Crippen LogP contribution in [0, 0.1) is 17.8 Å². The highest BCUT2D eigenvalue weighted by atomic mass is 16.5. The highest BCUT2D eigenvalue weighted by Crippen LogP contribution is 2.40. The molecular weight excluding hydrogens is 208 g/mol. The van der Waals surface area contributed by atoms with Crippen molar-refractivity contribution in [2.24, 2.45) is 17.8 Å². The maximum atomic E-state index is 5.47. The van der Waals surface area contributed by atoms with Crippen molar-refractivity contribution in [3.63, 3.8) is 0 Å². The van der Waals surface area contributed by atoms with E-state index in [1.54, 1.807) is 0 Å². The minimum atomic E-state index is 0.561. The molecule has 17 heavy (non-hydrogen) atoms. The van der Waals surface area contributed by atoms with Gasteiger partial charge in [0.1, 0.15) is 0 Å². The van der Waals surface area contributed by atoms with E-state index >= 15 is 0 Å². The molecule has 0 amide bonds. The maximum absolute atomic E-state index is 5.47. The van der Waals surface area contributed by atoms with Crippen molar-refractivity contribution in [1.29, 1.82) is 0 Å². The van der Waals surface area contributed by atoms with Gasteiger partial charge in [0.15, 0.2) is 0 Å². The number of hydrogen-bond acceptors (Lipinski definition) is 1. The van der Waals surface area contributed by atoms with Crippen molar-refractivity contribution in [2.45, 2.75) is 64.4 Å². The Balaban J connectivity index is 1.74. The fraction of sp³-hybridized carbons (Fsp3) is 0.875. The summed E-state index contributed by atoms with van der Waals surface area (Å²) in [5.74, 6) is 2.91. The number of rotatable bonds is 3. The molecule has 0 radical (unpaired) electrons. The average molecular weight is 236 g/mol. The Labute approximate surface area is 107 Å². The first-order chi connectivity index (χ1) is 8.33. The first kappa shape index (κ1) is 13.1. The molecule has 0 aromatic rings. The molecule has 0 aliphatic heterocycles. The van der Waals surface area contributed by atoms with Gasteiger partial charge in [-0.05, 0) is 76.0 Å². The van der Waals surface area contributed by atoms with Crippen LogP contribution in [-0.2, 0) is 4.74 Å². The molecule has 0 saturated heterocycles. The van der Waals surface area contributed by atoms with Gasteiger partial charge in [-0.15, -0.1) is 0 Å². The van der Waals surface area contributed by atoms with Gasteiger partial charge in [0.25, 0.3) is 0 Å². The lowest BCUT2D eigenvalue weighted by molar-refractivity contribution is 0.0405. The Hall–Kier alpha value is -0.300. The summed E-state index contributed by atoms with van der Waals surface area (Å²) in [5, 5.41) is 0. The van der Waals surface area contributed by atoms with E-state index in [9.17, 15) is 0 Å². The summed E-state index contributed by atoms with van der Waals surface area (Å²) < 4.78 is 5.47. The van der Waals surface area contributed by atoms with Crippen LogP contribution < -0.4 is 0 Å². The second kappa shape index (κ2) is 6.58. The zero-order valence-electron chi connectivity index (χ0n) is 11.5. The van der Waals surface area contributed by atoms with Crippen molar-refractivity contribution in [1.82, 2.24) is 0 Å². The summed E-state index contributed by atoms with van der Waals surface area (Å²) in [7, 11) is 1.87. The Morgan fingerprint density at radius 3 is 1.82 bits per heavy atom. The topological polar surface area (TPSA) is 9.23 Å². The third-order valence-corrected chi connectivity index (χ3v) is 5.00. The van der Waals surface area contributed by atoms with Crippen molar-refractivity contribution < 1.29 is 4.74 Å². The lowest BCUT2D eigenvalue weighted by atomic mass is 9.70. The summed E-state index contributed by atoms with van der Waals surface area (Å²) in [5.41, 5.74) is 0. The quantitative estimate of drug-likeness (QED) is 0.652. The summed E-state index contributed by atoms with van der Waals surface area (Å²) in [6, 6.07) is 0. The molecule has 1 nitrogen and oxygen atoms in total. The monoisotopic (exact) mass is 236 g/mol.